The SMILES string of the molecule is CC#CC(O)P(=O)(OCC)OCC. The normalized spacial score (nSPS) is 13.2. The monoisotopic (exact) mass is 206 g/mol. The first-order chi connectivity index (χ1) is 6.10. The fourth-order valence-corrected chi connectivity index (χ4v) is 2.11. The summed E-state index contributed by atoms with van der Waals surface area (Å²) in [6.07, 6.45) is 0. The number of rotatable bonds is 5. The Balaban J connectivity index is 4.53. The van der Waals surface area contributed by atoms with Crippen molar-refractivity contribution in [2.45, 2.75) is 26.6 Å². The first-order valence-corrected chi connectivity index (χ1v) is 5.71. The van der Waals surface area contributed by atoms with Gasteiger partial charge >= 0.3 is 7.60 Å². The predicted molar refractivity (Wildman–Crippen MR) is 50.3 cm³/mol. The molecule has 0 aliphatic heterocycles. The summed E-state index contributed by atoms with van der Waals surface area (Å²) >= 11 is 0. The lowest BCUT2D eigenvalue weighted by Crippen LogP contribution is -2.10. The Bertz CT molecular complexity index is 230. The third-order valence-corrected chi connectivity index (χ3v) is 3.16. The van der Waals surface area contributed by atoms with E-state index >= 15 is 0 Å². The average molecular weight is 206 g/mol. The summed E-state index contributed by atoms with van der Waals surface area (Å²) in [5.74, 6) is 3.46. The highest BCUT2D eigenvalue weighted by Crippen LogP contribution is 2.51. The van der Waals surface area contributed by atoms with Gasteiger partial charge in [-0.3, -0.25) is 4.57 Å². The summed E-state index contributed by atoms with van der Waals surface area (Å²) in [4.78, 5) is 0. The first-order valence-electron chi connectivity index (χ1n) is 4.09. The average Bonchev–Trinajstić information content (AvgIpc) is 2.05. The Morgan fingerprint density at radius 1 is 1.38 bits per heavy atom. The van der Waals surface area contributed by atoms with Crippen LogP contribution in [0.1, 0.15) is 20.8 Å². The van der Waals surface area contributed by atoms with Crippen LogP contribution in [-0.4, -0.2) is 24.2 Å². The molecular weight excluding hydrogens is 191 g/mol. The van der Waals surface area contributed by atoms with Crippen molar-refractivity contribution in [2.24, 2.45) is 0 Å². The molecule has 0 fully saturated rings. The zero-order chi connectivity index (χ0) is 10.3. The molecule has 0 heterocycles. The molecule has 5 heteroatoms. The minimum atomic E-state index is -3.44. The van der Waals surface area contributed by atoms with Crippen LogP contribution in [0, 0.1) is 11.8 Å². The van der Waals surface area contributed by atoms with Gasteiger partial charge in [0, 0.05) is 0 Å². The molecule has 0 aliphatic rings. The van der Waals surface area contributed by atoms with Gasteiger partial charge in [-0.15, -0.1) is 5.92 Å². The lowest BCUT2D eigenvalue weighted by molar-refractivity contribution is 0.172. The van der Waals surface area contributed by atoms with Crippen molar-refractivity contribution in [2.75, 3.05) is 13.2 Å². The second-order valence-electron chi connectivity index (χ2n) is 2.14. The Hall–Kier alpha value is -0.330. The summed E-state index contributed by atoms with van der Waals surface area (Å²) in [6, 6.07) is 0. The van der Waals surface area contributed by atoms with E-state index in [0.29, 0.717) is 0 Å². The van der Waals surface area contributed by atoms with Gasteiger partial charge < -0.3 is 14.2 Å². The molecule has 1 atom stereocenters. The molecule has 13 heavy (non-hydrogen) atoms. The van der Waals surface area contributed by atoms with Gasteiger partial charge in [-0.2, -0.15) is 0 Å². The third-order valence-electron chi connectivity index (χ3n) is 1.19. The number of aliphatic hydroxyl groups is 1. The number of hydrogen-bond acceptors (Lipinski definition) is 4. The fourth-order valence-electron chi connectivity index (χ4n) is 0.747. The summed E-state index contributed by atoms with van der Waals surface area (Å²) in [7, 11) is -3.44. The van der Waals surface area contributed by atoms with Crippen molar-refractivity contribution in [3.8, 4) is 11.8 Å². The van der Waals surface area contributed by atoms with E-state index in [2.05, 4.69) is 11.8 Å². The van der Waals surface area contributed by atoms with Crippen molar-refractivity contribution < 1.29 is 18.7 Å². The van der Waals surface area contributed by atoms with Gasteiger partial charge in [0.1, 0.15) is 0 Å². The summed E-state index contributed by atoms with van der Waals surface area (Å²) in [6.45, 7) is 5.35. The minimum absolute atomic E-state index is 0.222. The van der Waals surface area contributed by atoms with E-state index in [9.17, 15) is 9.67 Å². The van der Waals surface area contributed by atoms with E-state index in [4.69, 9.17) is 9.05 Å². The summed E-state index contributed by atoms with van der Waals surface area (Å²) < 4.78 is 21.4. The molecule has 0 amide bonds. The Kier molecular flexibility index (Phi) is 6.02. The quantitative estimate of drug-likeness (QED) is 0.548. The molecule has 0 radical (unpaired) electrons. The fraction of sp³-hybridized carbons (Fsp3) is 0.750. The summed E-state index contributed by atoms with van der Waals surface area (Å²) in [5.41, 5.74) is 0. The van der Waals surface area contributed by atoms with Crippen LogP contribution in [0.5, 0.6) is 0 Å². The smallest absolute Gasteiger partial charge is 0.370 e. The molecule has 0 aromatic rings. The molecule has 76 valence electrons. The van der Waals surface area contributed by atoms with Gasteiger partial charge in [-0.05, 0) is 20.8 Å². The molecule has 0 rings (SSSR count). The maximum atomic E-state index is 11.7. The van der Waals surface area contributed by atoms with E-state index in [1.54, 1.807) is 20.8 Å². The van der Waals surface area contributed by atoms with E-state index in [1.165, 1.54) is 0 Å². The maximum absolute atomic E-state index is 11.7. The zero-order valence-electron chi connectivity index (χ0n) is 8.11. The molecule has 4 nitrogen and oxygen atoms in total. The van der Waals surface area contributed by atoms with Gasteiger partial charge in [-0.1, -0.05) is 5.92 Å². The highest BCUT2D eigenvalue weighted by Gasteiger charge is 2.32. The van der Waals surface area contributed by atoms with E-state index in [-0.39, 0.29) is 13.2 Å². The van der Waals surface area contributed by atoms with Crippen molar-refractivity contribution in [3.05, 3.63) is 0 Å². The van der Waals surface area contributed by atoms with Gasteiger partial charge in [0.05, 0.1) is 13.2 Å². The van der Waals surface area contributed by atoms with Crippen LogP contribution in [-0.2, 0) is 13.6 Å². The van der Waals surface area contributed by atoms with Gasteiger partial charge in [-0.25, -0.2) is 0 Å². The van der Waals surface area contributed by atoms with Gasteiger partial charge in [0.25, 0.3) is 0 Å². The molecule has 1 unspecified atom stereocenters. The molecule has 0 saturated heterocycles. The van der Waals surface area contributed by atoms with Crippen LogP contribution >= 0.6 is 7.60 Å². The van der Waals surface area contributed by atoms with E-state index in [0.717, 1.165) is 0 Å². The first kappa shape index (κ1) is 12.7. The summed E-state index contributed by atoms with van der Waals surface area (Å²) in [5, 5.41) is 9.34. The molecule has 0 saturated carbocycles. The topological polar surface area (TPSA) is 55.8 Å². The van der Waals surface area contributed by atoms with Crippen LogP contribution < -0.4 is 0 Å². The molecule has 0 aliphatic carbocycles. The molecule has 0 spiro atoms. The molecule has 1 N–H and O–H groups in total. The molecule has 0 aromatic carbocycles. The Labute approximate surface area is 78.8 Å². The largest absolute Gasteiger partial charge is 0.371 e. The standard InChI is InChI=1S/C8H15O4P/c1-4-7-8(9)13(10,11-5-2)12-6-3/h8-9H,5-6H2,1-3H3. The highest BCUT2D eigenvalue weighted by molar-refractivity contribution is 7.54. The minimum Gasteiger partial charge on any atom is -0.370 e. The number of aliphatic hydroxyl groups excluding tert-OH is 1. The van der Waals surface area contributed by atoms with Gasteiger partial charge in [0.2, 0.25) is 5.85 Å². The zero-order valence-corrected chi connectivity index (χ0v) is 9.01. The lowest BCUT2D eigenvalue weighted by Gasteiger charge is -2.18. The van der Waals surface area contributed by atoms with Crippen molar-refractivity contribution >= 4 is 7.60 Å². The van der Waals surface area contributed by atoms with Crippen LogP contribution in [0.3, 0.4) is 0 Å². The lowest BCUT2D eigenvalue weighted by atomic mass is 10.6. The van der Waals surface area contributed by atoms with Crippen molar-refractivity contribution in [1.29, 1.82) is 0 Å². The molecule has 0 bridgehead atoms. The van der Waals surface area contributed by atoms with Gasteiger partial charge in [0.15, 0.2) is 0 Å². The Morgan fingerprint density at radius 3 is 2.15 bits per heavy atom. The van der Waals surface area contributed by atoms with Crippen LogP contribution in [0.15, 0.2) is 0 Å². The van der Waals surface area contributed by atoms with Crippen molar-refractivity contribution in [1.82, 2.24) is 0 Å². The second-order valence-corrected chi connectivity index (χ2v) is 4.23. The number of hydrogen-bond donors (Lipinski definition) is 1. The highest BCUT2D eigenvalue weighted by atomic mass is 31.2. The van der Waals surface area contributed by atoms with Crippen LogP contribution in [0.2, 0.25) is 0 Å². The van der Waals surface area contributed by atoms with Crippen LogP contribution in [0.4, 0.5) is 0 Å². The third kappa shape index (κ3) is 3.93. The molecular formula is C8H15O4P. The maximum Gasteiger partial charge on any atom is 0.371 e. The predicted octanol–water partition coefficient (Wildman–Crippen LogP) is 1.59. The van der Waals surface area contributed by atoms with Crippen molar-refractivity contribution in [3.63, 3.8) is 0 Å². The van der Waals surface area contributed by atoms with Crippen LogP contribution in [0.25, 0.3) is 0 Å². The van der Waals surface area contributed by atoms with E-state index < -0.39 is 13.4 Å². The van der Waals surface area contributed by atoms with E-state index in [1.807, 2.05) is 0 Å². The second kappa shape index (κ2) is 6.17. The Morgan fingerprint density at radius 2 is 1.85 bits per heavy atom. The molecule has 0 aromatic heterocycles.